The molecule has 2 aliphatic carbocycles. The third-order valence-electron chi connectivity index (χ3n) is 6.48. The van der Waals surface area contributed by atoms with E-state index in [4.69, 9.17) is 4.74 Å². The normalized spacial score (nSPS) is 38.2. The van der Waals surface area contributed by atoms with Crippen LogP contribution in [0.1, 0.15) is 25.0 Å². The maximum absolute atomic E-state index is 13.3. The van der Waals surface area contributed by atoms with Crippen molar-refractivity contribution < 1.29 is 14.3 Å². The van der Waals surface area contributed by atoms with Crippen LogP contribution in [0.2, 0.25) is 0 Å². The van der Waals surface area contributed by atoms with Crippen LogP contribution in [-0.2, 0) is 19.7 Å². The first-order valence-electron chi connectivity index (χ1n) is 8.36. The maximum atomic E-state index is 13.3. The van der Waals surface area contributed by atoms with Crippen LogP contribution in [0.3, 0.4) is 0 Å². The summed E-state index contributed by atoms with van der Waals surface area (Å²) in [7, 11) is 0. The molecular weight excluding hydrogens is 300 g/mol. The van der Waals surface area contributed by atoms with Gasteiger partial charge in [-0.05, 0) is 18.1 Å². The van der Waals surface area contributed by atoms with Crippen LogP contribution in [-0.4, -0.2) is 23.3 Å². The lowest BCUT2D eigenvalue weighted by molar-refractivity contribution is -0.133. The van der Waals surface area contributed by atoms with Gasteiger partial charge in [0, 0.05) is 11.3 Å². The van der Waals surface area contributed by atoms with E-state index in [2.05, 4.69) is 0 Å². The van der Waals surface area contributed by atoms with Crippen molar-refractivity contribution in [2.24, 2.45) is 11.3 Å². The van der Waals surface area contributed by atoms with Crippen LogP contribution in [0.4, 0.5) is 0 Å². The molecule has 4 atom stereocenters. The fourth-order valence-electron chi connectivity index (χ4n) is 5.31. The van der Waals surface area contributed by atoms with Crippen molar-refractivity contribution >= 4 is 11.6 Å². The highest BCUT2D eigenvalue weighted by atomic mass is 16.6. The number of Topliss-reactive ketones (excluding diaryl/α,β-unsaturated/α-hetero) is 2. The molecule has 2 unspecified atom stereocenters. The summed E-state index contributed by atoms with van der Waals surface area (Å²) in [6.07, 6.45) is -0.558. The lowest BCUT2D eigenvalue weighted by Crippen LogP contribution is -2.40. The predicted octanol–water partition coefficient (Wildman–Crippen LogP) is 2.92. The molecule has 0 spiro atoms. The second kappa shape index (κ2) is 4.04. The van der Waals surface area contributed by atoms with Gasteiger partial charge >= 0.3 is 0 Å². The zero-order valence-electron chi connectivity index (χ0n) is 13.7. The molecule has 0 bridgehead atoms. The van der Waals surface area contributed by atoms with Crippen molar-refractivity contribution in [3.8, 4) is 0 Å². The Kier molecular flexibility index (Phi) is 2.37. The number of hydrogen-bond donors (Lipinski definition) is 0. The van der Waals surface area contributed by atoms with Gasteiger partial charge in [-0.25, -0.2) is 0 Å². The molecule has 3 heteroatoms. The maximum Gasteiger partial charge on any atom is 0.175 e. The number of ketones is 2. The van der Waals surface area contributed by atoms with E-state index >= 15 is 0 Å². The standard InChI is InChI=1S/C21H18O3/c1-19-16(15(22)17-20(2,24-17)18(19)23)21(19,13-9-5-3-6-10-13)14-11-7-4-8-12-14/h3-12,16-17H,1-2H3/t16?,17?,19-,20-/m0/s1. The number of ether oxygens (including phenoxy) is 1. The summed E-state index contributed by atoms with van der Waals surface area (Å²) in [6, 6.07) is 20.0. The van der Waals surface area contributed by atoms with Gasteiger partial charge in [-0.1, -0.05) is 67.6 Å². The Morgan fingerprint density at radius 3 is 1.83 bits per heavy atom. The van der Waals surface area contributed by atoms with Gasteiger partial charge in [0.1, 0.15) is 0 Å². The topological polar surface area (TPSA) is 46.7 Å². The number of rotatable bonds is 2. The largest absolute Gasteiger partial charge is 0.350 e. The Morgan fingerprint density at radius 2 is 1.33 bits per heavy atom. The van der Waals surface area contributed by atoms with Crippen molar-refractivity contribution in [3.63, 3.8) is 0 Å². The molecule has 0 amide bonds. The smallest absolute Gasteiger partial charge is 0.175 e. The Labute approximate surface area is 140 Å². The number of fused-ring (bicyclic) bond motifs is 2. The van der Waals surface area contributed by atoms with Crippen molar-refractivity contribution in [2.45, 2.75) is 31.0 Å². The van der Waals surface area contributed by atoms with Gasteiger partial charge in [0.2, 0.25) is 0 Å². The highest BCUT2D eigenvalue weighted by molar-refractivity contribution is 6.17. The Hall–Kier alpha value is -2.26. The van der Waals surface area contributed by atoms with Crippen LogP contribution in [0, 0.1) is 11.3 Å². The van der Waals surface area contributed by atoms with Crippen molar-refractivity contribution in [1.29, 1.82) is 0 Å². The summed E-state index contributed by atoms with van der Waals surface area (Å²) < 4.78 is 5.52. The van der Waals surface area contributed by atoms with E-state index < -0.39 is 22.5 Å². The molecule has 1 aliphatic heterocycles. The van der Waals surface area contributed by atoms with E-state index in [0.29, 0.717) is 0 Å². The summed E-state index contributed by atoms with van der Waals surface area (Å²) >= 11 is 0. The fraction of sp³-hybridized carbons (Fsp3) is 0.333. The highest BCUT2D eigenvalue weighted by Crippen LogP contribution is 2.78. The average molecular weight is 318 g/mol. The summed E-state index contributed by atoms with van der Waals surface area (Å²) in [6.45, 7) is 3.71. The Balaban J connectivity index is 1.80. The molecule has 3 aliphatic rings. The number of carbonyl (C=O) groups excluding carboxylic acids is 2. The van der Waals surface area contributed by atoms with Gasteiger partial charge in [-0.2, -0.15) is 0 Å². The van der Waals surface area contributed by atoms with Crippen molar-refractivity contribution in [2.75, 3.05) is 0 Å². The SMILES string of the molecule is C[C@]12OC1C(=O)C1C(c3ccccc3)(c3ccccc3)[C@]1(C)C2=O. The zero-order chi connectivity index (χ0) is 16.7. The molecule has 2 aromatic carbocycles. The molecule has 0 N–H and O–H groups in total. The molecule has 24 heavy (non-hydrogen) atoms. The molecule has 0 radical (unpaired) electrons. The predicted molar refractivity (Wildman–Crippen MR) is 88.6 cm³/mol. The highest BCUT2D eigenvalue weighted by Gasteiger charge is 2.90. The monoisotopic (exact) mass is 318 g/mol. The minimum Gasteiger partial charge on any atom is -0.350 e. The minimum absolute atomic E-state index is 0.0670. The van der Waals surface area contributed by atoms with Gasteiger partial charge in [0.05, 0.1) is 5.41 Å². The average Bonchev–Trinajstić information content (AvgIpc) is 3.47. The molecule has 5 rings (SSSR count). The van der Waals surface area contributed by atoms with Crippen LogP contribution < -0.4 is 0 Å². The van der Waals surface area contributed by atoms with E-state index in [1.807, 2.05) is 67.6 Å². The molecule has 0 aromatic heterocycles. The van der Waals surface area contributed by atoms with Gasteiger partial charge in [0.25, 0.3) is 0 Å². The van der Waals surface area contributed by atoms with Gasteiger partial charge in [-0.15, -0.1) is 0 Å². The van der Waals surface area contributed by atoms with E-state index in [9.17, 15) is 9.59 Å². The second-order valence-corrected chi connectivity index (χ2v) is 7.51. The van der Waals surface area contributed by atoms with E-state index in [1.54, 1.807) is 6.92 Å². The molecule has 1 heterocycles. The summed E-state index contributed by atoms with van der Waals surface area (Å²) in [5, 5.41) is 0. The number of benzene rings is 2. The summed E-state index contributed by atoms with van der Waals surface area (Å²) in [5.74, 6) is -0.201. The molecule has 3 nitrogen and oxygen atoms in total. The third kappa shape index (κ3) is 1.27. The van der Waals surface area contributed by atoms with E-state index in [0.717, 1.165) is 11.1 Å². The molecule has 2 aromatic rings. The van der Waals surface area contributed by atoms with Crippen molar-refractivity contribution in [3.05, 3.63) is 71.8 Å². The van der Waals surface area contributed by atoms with Gasteiger partial charge in [0.15, 0.2) is 23.3 Å². The molecular formula is C21H18O3. The quantitative estimate of drug-likeness (QED) is 0.800. The third-order valence-corrected chi connectivity index (χ3v) is 6.48. The molecule has 120 valence electrons. The van der Waals surface area contributed by atoms with E-state index in [-0.39, 0.29) is 17.5 Å². The molecule has 2 saturated carbocycles. The summed E-state index contributed by atoms with van der Waals surface area (Å²) in [4.78, 5) is 26.3. The first-order valence-corrected chi connectivity index (χ1v) is 8.36. The second-order valence-electron chi connectivity index (χ2n) is 7.51. The lowest BCUT2D eigenvalue weighted by Gasteiger charge is -2.24. The van der Waals surface area contributed by atoms with Crippen LogP contribution in [0.5, 0.6) is 0 Å². The first-order chi connectivity index (χ1) is 11.5. The fourth-order valence-corrected chi connectivity index (χ4v) is 5.31. The van der Waals surface area contributed by atoms with Crippen LogP contribution in [0.15, 0.2) is 60.7 Å². The summed E-state index contributed by atoms with van der Waals surface area (Å²) in [5.41, 5.74) is -0.170. The number of hydrogen-bond acceptors (Lipinski definition) is 3. The van der Waals surface area contributed by atoms with Gasteiger partial charge in [-0.3, -0.25) is 9.59 Å². The molecule has 1 saturated heterocycles. The molecule has 3 fully saturated rings. The lowest BCUT2D eigenvalue weighted by atomic mass is 9.76. The van der Waals surface area contributed by atoms with E-state index in [1.165, 1.54) is 0 Å². The number of epoxide rings is 1. The number of carbonyl (C=O) groups is 2. The zero-order valence-corrected chi connectivity index (χ0v) is 13.7. The van der Waals surface area contributed by atoms with Crippen LogP contribution in [0.25, 0.3) is 0 Å². The van der Waals surface area contributed by atoms with Crippen molar-refractivity contribution in [1.82, 2.24) is 0 Å². The van der Waals surface area contributed by atoms with Gasteiger partial charge < -0.3 is 4.74 Å². The Morgan fingerprint density at radius 1 is 0.833 bits per heavy atom. The van der Waals surface area contributed by atoms with Crippen LogP contribution >= 0.6 is 0 Å². The minimum atomic E-state index is -0.923. The Bertz CT molecular complexity index is 833. The first kappa shape index (κ1) is 14.1.